The molecule has 2 N–H and O–H groups in total. The van der Waals surface area contributed by atoms with Crippen LogP contribution in [0.2, 0.25) is 5.02 Å². The van der Waals surface area contributed by atoms with Crippen LogP contribution in [0.15, 0.2) is 72.8 Å². The van der Waals surface area contributed by atoms with Gasteiger partial charge in [0.2, 0.25) is 5.91 Å². The van der Waals surface area contributed by atoms with E-state index < -0.39 is 0 Å². The zero-order valence-corrected chi connectivity index (χ0v) is 15.8. The number of anilines is 2. The Kier molecular flexibility index (Phi) is 6.34. The van der Waals surface area contributed by atoms with Crippen LogP contribution in [0.3, 0.4) is 0 Å². The van der Waals surface area contributed by atoms with Crippen LogP contribution in [0.25, 0.3) is 0 Å². The minimum absolute atomic E-state index is 0.108. The first-order chi connectivity index (χ1) is 13.2. The van der Waals surface area contributed by atoms with Crippen molar-refractivity contribution in [2.45, 2.75) is 6.42 Å². The molecule has 5 heteroatoms. The Morgan fingerprint density at radius 3 is 2.48 bits per heavy atom. The molecule has 4 nitrogen and oxygen atoms in total. The molecule has 0 radical (unpaired) electrons. The van der Waals surface area contributed by atoms with Crippen LogP contribution < -0.4 is 15.4 Å². The number of rotatable bonds is 7. The van der Waals surface area contributed by atoms with Crippen molar-refractivity contribution in [1.82, 2.24) is 0 Å². The molecular weight excluding hydrogens is 360 g/mol. The van der Waals surface area contributed by atoms with E-state index in [2.05, 4.69) is 22.8 Å². The molecule has 0 spiro atoms. The van der Waals surface area contributed by atoms with E-state index in [1.807, 2.05) is 42.5 Å². The normalized spacial score (nSPS) is 10.3. The van der Waals surface area contributed by atoms with Crippen molar-refractivity contribution in [2.24, 2.45) is 0 Å². The monoisotopic (exact) mass is 380 g/mol. The van der Waals surface area contributed by atoms with Crippen molar-refractivity contribution in [3.8, 4) is 5.75 Å². The highest BCUT2D eigenvalue weighted by molar-refractivity contribution is 6.30. The third kappa shape index (κ3) is 5.25. The summed E-state index contributed by atoms with van der Waals surface area (Å²) in [7, 11) is 1.58. The fraction of sp³-hybridized carbons (Fsp3) is 0.136. The molecule has 0 aliphatic rings. The first-order valence-corrected chi connectivity index (χ1v) is 9.02. The number of carbonyl (C=O) groups excluding carboxylic acids is 1. The van der Waals surface area contributed by atoms with Crippen molar-refractivity contribution in [2.75, 3.05) is 24.3 Å². The first kappa shape index (κ1) is 18.8. The largest absolute Gasteiger partial charge is 0.495 e. The topological polar surface area (TPSA) is 50.4 Å². The maximum atomic E-state index is 12.4. The summed E-state index contributed by atoms with van der Waals surface area (Å²) >= 11 is 6.02. The van der Waals surface area contributed by atoms with Gasteiger partial charge in [-0.05, 0) is 41.8 Å². The predicted molar refractivity (Wildman–Crippen MR) is 111 cm³/mol. The minimum atomic E-state index is -0.141. The van der Waals surface area contributed by atoms with Gasteiger partial charge < -0.3 is 15.4 Å². The Hall–Kier alpha value is -2.98. The van der Waals surface area contributed by atoms with Crippen molar-refractivity contribution in [3.05, 3.63) is 88.9 Å². The second kappa shape index (κ2) is 9.10. The van der Waals surface area contributed by atoms with E-state index in [0.717, 1.165) is 17.7 Å². The van der Waals surface area contributed by atoms with E-state index in [4.69, 9.17) is 16.3 Å². The van der Waals surface area contributed by atoms with Crippen LogP contribution in [0.4, 0.5) is 11.4 Å². The Morgan fingerprint density at radius 1 is 0.963 bits per heavy atom. The quantitative estimate of drug-likeness (QED) is 0.607. The highest BCUT2D eigenvalue weighted by Crippen LogP contribution is 2.27. The molecule has 0 saturated heterocycles. The summed E-state index contributed by atoms with van der Waals surface area (Å²) in [6.07, 6.45) is 0.757. The Labute approximate surface area is 164 Å². The van der Waals surface area contributed by atoms with Gasteiger partial charge in [0.25, 0.3) is 0 Å². The van der Waals surface area contributed by atoms with Crippen LogP contribution in [-0.2, 0) is 11.2 Å². The number of hydrogen-bond acceptors (Lipinski definition) is 3. The molecule has 0 aliphatic heterocycles. The number of methoxy groups -OCH3 is 1. The SMILES string of the molecule is COc1ccc(Cl)cc1NCC(=O)Nc1ccccc1Cc1ccccc1. The van der Waals surface area contributed by atoms with Gasteiger partial charge in [0.1, 0.15) is 5.75 Å². The summed E-state index contributed by atoms with van der Waals surface area (Å²) in [6.45, 7) is 0.108. The van der Waals surface area contributed by atoms with Crippen LogP contribution >= 0.6 is 11.6 Å². The van der Waals surface area contributed by atoms with E-state index in [9.17, 15) is 4.79 Å². The summed E-state index contributed by atoms with van der Waals surface area (Å²) < 4.78 is 5.28. The smallest absolute Gasteiger partial charge is 0.243 e. The molecule has 27 heavy (non-hydrogen) atoms. The van der Waals surface area contributed by atoms with Crippen molar-refractivity contribution in [1.29, 1.82) is 0 Å². The van der Waals surface area contributed by atoms with Gasteiger partial charge in [0, 0.05) is 10.7 Å². The van der Waals surface area contributed by atoms with Crippen LogP contribution in [0.5, 0.6) is 5.75 Å². The van der Waals surface area contributed by atoms with Crippen LogP contribution in [-0.4, -0.2) is 19.6 Å². The summed E-state index contributed by atoms with van der Waals surface area (Å²) in [5.74, 6) is 0.495. The van der Waals surface area contributed by atoms with E-state index in [0.29, 0.717) is 16.5 Å². The number of ether oxygens (including phenoxy) is 1. The molecule has 0 heterocycles. The number of halogens is 1. The Morgan fingerprint density at radius 2 is 1.70 bits per heavy atom. The second-order valence-corrected chi connectivity index (χ2v) is 6.50. The highest BCUT2D eigenvalue weighted by atomic mass is 35.5. The summed E-state index contributed by atoms with van der Waals surface area (Å²) in [4.78, 5) is 12.4. The number of amides is 1. The molecule has 0 aliphatic carbocycles. The van der Waals surface area contributed by atoms with Gasteiger partial charge in [-0.1, -0.05) is 60.1 Å². The molecule has 0 fully saturated rings. The fourth-order valence-electron chi connectivity index (χ4n) is 2.80. The van der Waals surface area contributed by atoms with E-state index >= 15 is 0 Å². The number of para-hydroxylation sites is 1. The van der Waals surface area contributed by atoms with Crippen molar-refractivity contribution < 1.29 is 9.53 Å². The zero-order valence-electron chi connectivity index (χ0n) is 15.0. The first-order valence-electron chi connectivity index (χ1n) is 8.65. The molecule has 0 atom stereocenters. The van der Waals surface area contributed by atoms with Gasteiger partial charge >= 0.3 is 0 Å². The third-order valence-electron chi connectivity index (χ3n) is 4.13. The maximum Gasteiger partial charge on any atom is 0.243 e. The van der Waals surface area contributed by atoms with Gasteiger partial charge in [0.05, 0.1) is 19.3 Å². The Balaban J connectivity index is 1.66. The lowest BCUT2D eigenvalue weighted by molar-refractivity contribution is -0.114. The van der Waals surface area contributed by atoms with Gasteiger partial charge in [-0.3, -0.25) is 4.79 Å². The number of hydrogen-bond donors (Lipinski definition) is 2. The minimum Gasteiger partial charge on any atom is -0.495 e. The number of benzene rings is 3. The molecule has 3 aromatic rings. The average molecular weight is 381 g/mol. The fourth-order valence-corrected chi connectivity index (χ4v) is 2.97. The highest BCUT2D eigenvalue weighted by Gasteiger charge is 2.09. The molecule has 3 aromatic carbocycles. The maximum absolute atomic E-state index is 12.4. The molecule has 1 amide bonds. The van der Waals surface area contributed by atoms with Crippen LogP contribution in [0, 0.1) is 0 Å². The number of nitrogens with one attached hydrogen (secondary N) is 2. The van der Waals surface area contributed by atoms with Gasteiger partial charge in [-0.25, -0.2) is 0 Å². The molecule has 0 aromatic heterocycles. The second-order valence-electron chi connectivity index (χ2n) is 6.07. The lowest BCUT2D eigenvalue weighted by atomic mass is 10.0. The van der Waals surface area contributed by atoms with Gasteiger partial charge in [0.15, 0.2) is 0 Å². The molecule has 0 bridgehead atoms. The molecule has 0 unspecified atom stereocenters. The van der Waals surface area contributed by atoms with E-state index in [-0.39, 0.29) is 12.5 Å². The summed E-state index contributed by atoms with van der Waals surface area (Å²) in [5, 5.41) is 6.63. The van der Waals surface area contributed by atoms with Gasteiger partial charge in [-0.15, -0.1) is 0 Å². The Bertz CT molecular complexity index is 913. The molecule has 3 rings (SSSR count). The molecular formula is C22H21ClN2O2. The van der Waals surface area contributed by atoms with Crippen molar-refractivity contribution in [3.63, 3.8) is 0 Å². The van der Waals surface area contributed by atoms with E-state index in [1.54, 1.807) is 25.3 Å². The van der Waals surface area contributed by atoms with Gasteiger partial charge in [-0.2, -0.15) is 0 Å². The lowest BCUT2D eigenvalue weighted by Crippen LogP contribution is -2.22. The predicted octanol–water partition coefficient (Wildman–Crippen LogP) is 4.99. The average Bonchev–Trinajstić information content (AvgIpc) is 2.69. The standard InChI is InChI=1S/C22H21ClN2O2/c1-27-21-12-11-18(23)14-20(21)24-15-22(26)25-19-10-6-5-9-17(19)13-16-7-3-2-4-8-16/h2-12,14,24H,13,15H2,1H3,(H,25,26). The zero-order chi connectivity index (χ0) is 19.1. The number of carbonyl (C=O) groups is 1. The van der Waals surface area contributed by atoms with E-state index in [1.165, 1.54) is 5.56 Å². The molecule has 138 valence electrons. The van der Waals surface area contributed by atoms with Crippen molar-refractivity contribution >= 4 is 28.9 Å². The third-order valence-corrected chi connectivity index (χ3v) is 4.36. The van der Waals surface area contributed by atoms with Crippen LogP contribution in [0.1, 0.15) is 11.1 Å². The molecule has 0 saturated carbocycles. The summed E-state index contributed by atoms with van der Waals surface area (Å²) in [5.41, 5.74) is 3.75. The summed E-state index contributed by atoms with van der Waals surface area (Å²) in [6, 6.07) is 23.2. The lowest BCUT2D eigenvalue weighted by Gasteiger charge is -2.14.